The van der Waals surface area contributed by atoms with Crippen LogP contribution in [-0.2, 0) is 16.1 Å². The molecule has 1 aromatic heterocycles. The number of nitrogens with zero attached hydrogens (tertiary/aromatic N) is 4. The van der Waals surface area contributed by atoms with Gasteiger partial charge < -0.3 is 15.0 Å². The van der Waals surface area contributed by atoms with E-state index in [-0.39, 0.29) is 17.9 Å². The van der Waals surface area contributed by atoms with Crippen molar-refractivity contribution in [2.45, 2.75) is 57.2 Å². The topological polar surface area (TPSA) is 89.4 Å². The quantitative estimate of drug-likeness (QED) is 0.834. The van der Waals surface area contributed by atoms with Crippen LogP contribution in [0.3, 0.4) is 0 Å². The molecule has 3 heterocycles. The zero-order valence-corrected chi connectivity index (χ0v) is 16.7. The van der Waals surface area contributed by atoms with E-state index < -0.39 is 5.60 Å². The van der Waals surface area contributed by atoms with Gasteiger partial charge in [-0.2, -0.15) is 5.10 Å². The Morgan fingerprint density at radius 2 is 2.21 bits per heavy atom. The van der Waals surface area contributed by atoms with Crippen LogP contribution in [0, 0.1) is 0 Å². The highest BCUT2D eigenvalue weighted by Crippen LogP contribution is 2.44. The summed E-state index contributed by atoms with van der Waals surface area (Å²) in [5, 5.41) is 7.23. The third kappa shape index (κ3) is 4.26. The van der Waals surface area contributed by atoms with E-state index in [0.29, 0.717) is 45.3 Å². The van der Waals surface area contributed by atoms with Crippen molar-refractivity contribution in [2.75, 3.05) is 13.1 Å². The molecule has 0 saturated carbocycles. The first-order valence-electron chi connectivity index (χ1n) is 10.3. The Labute approximate surface area is 170 Å². The summed E-state index contributed by atoms with van der Waals surface area (Å²) in [5.74, 6) is 0.954. The first kappa shape index (κ1) is 19.4. The second kappa shape index (κ2) is 8.23. The summed E-state index contributed by atoms with van der Waals surface area (Å²) in [6, 6.07) is 7.73. The molecule has 1 fully saturated rings. The van der Waals surface area contributed by atoms with E-state index in [1.165, 1.54) is 6.33 Å². The Kier molecular flexibility index (Phi) is 5.51. The average Bonchev–Trinajstić information content (AvgIpc) is 3.20. The second-order valence-electron chi connectivity index (χ2n) is 7.78. The van der Waals surface area contributed by atoms with Crippen LogP contribution in [-0.4, -0.2) is 50.2 Å². The highest BCUT2D eigenvalue weighted by Gasteiger charge is 2.43. The Morgan fingerprint density at radius 1 is 1.34 bits per heavy atom. The first-order valence-corrected chi connectivity index (χ1v) is 10.3. The van der Waals surface area contributed by atoms with E-state index in [4.69, 9.17) is 4.74 Å². The van der Waals surface area contributed by atoms with E-state index in [1.807, 2.05) is 36.1 Å². The standard InChI is InChI=1S/C21H27N5O3/c1-2-25-12-10-21(9-7-20(25)28)13-17(16-5-3-4-6-18(16)29-21)24-19(27)8-11-26-15-22-14-23-26/h3-6,14-15,17H,2,7-13H2,1H3,(H,24,27)/t17-,21-/m1/s1. The van der Waals surface area contributed by atoms with Gasteiger partial charge in [-0.05, 0) is 19.4 Å². The number of benzene rings is 1. The van der Waals surface area contributed by atoms with Crippen molar-refractivity contribution in [3.8, 4) is 5.75 Å². The molecule has 1 spiro atoms. The number of hydrogen-bond donors (Lipinski definition) is 1. The molecule has 154 valence electrons. The molecule has 0 radical (unpaired) electrons. The zero-order valence-electron chi connectivity index (χ0n) is 16.7. The van der Waals surface area contributed by atoms with Gasteiger partial charge in [-0.1, -0.05) is 18.2 Å². The molecule has 4 rings (SSSR count). The number of hydrogen-bond acceptors (Lipinski definition) is 5. The predicted molar refractivity (Wildman–Crippen MR) is 106 cm³/mol. The van der Waals surface area contributed by atoms with E-state index in [1.54, 1.807) is 11.0 Å². The van der Waals surface area contributed by atoms with Gasteiger partial charge in [-0.15, -0.1) is 0 Å². The summed E-state index contributed by atoms with van der Waals surface area (Å²) in [6.45, 7) is 3.89. The van der Waals surface area contributed by atoms with Gasteiger partial charge in [0.25, 0.3) is 0 Å². The van der Waals surface area contributed by atoms with Gasteiger partial charge in [0, 0.05) is 44.3 Å². The van der Waals surface area contributed by atoms with Crippen LogP contribution in [0.15, 0.2) is 36.9 Å². The van der Waals surface area contributed by atoms with Crippen molar-refractivity contribution < 1.29 is 14.3 Å². The van der Waals surface area contributed by atoms with Crippen molar-refractivity contribution in [3.63, 3.8) is 0 Å². The largest absolute Gasteiger partial charge is 0.487 e. The van der Waals surface area contributed by atoms with Crippen molar-refractivity contribution in [3.05, 3.63) is 42.5 Å². The SMILES string of the molecule is CCN1CC[C@]2(CCC1=O)C[C@@H](NC(=O)CCn1cncn1)c1ccccc1O2. The summed E-state index contributed by atoms with van der Waals surface area (Å²) < 4.78 is 8.11. The van der Waals surface area contributed by atoms with Gasteiger partial charge in [0.1, 0.15) is 24.0 Å². The molecular formula is C21H27N5O3. The van der Waals surface area contributed by atoms with Crippen LogP contribution in [0.1, 0.15) is 50.6 Å². The van der Waals surface area contributed by atoms with Crippen molar-refractivity contribution in [1.82, 2.24) is 25.0 Å². The zero-order chi connectivity index (χ0) is 20.3. The molecule has 29 heavy (non-hydrogen) atoms. The van der Waals surface area contributed by atoms with E-state index in [0.717, 1.165) is 17.7 Å². The lowest BCUT2D eigenvalue weighted by atomic mass is 9.82. The molecule has 1 saturated heterocycles. The van der Waals surface area contributed by atoms with Crippen LogP contribution in [0.25, 0.3) is 0 Å². The molecule has 1 aromatic carbocycles. The molecule has 1 N–H and O–H groups in total. The maximum atomic E-state index is 12.6. The Morgan fingerprint density at radius 3 is 3.00 bits per heavy atom. The Balaban J connectivity index is 1.50. The maximum Gasteiger partial charge on any atom is 0.222 e. The summed E-state index contributed by atoms with van der Waals surface area (Å²) in [5.41, 5.74) is 0.563. The summed E-state index contributed by atoms with van der Waals surface area (Å²) in [6.07, 6.45) is 5.98. The number of likely N-dealkylation sites (tertiary alicyclic amines) is 1. The average molecular weight is 397 g/mol. The monoisotopic (exact) mass is 397 g/mol. The fourth-order valence-corrected chi connectivity index (χ4v) is 4.30. The summed E-state index contributed by atoms with van der Waals surface area (Å²) >= 11 is 0. The number of amides is 2. The minimum Gasteiger partial charge on any atom is -0.487 e. The Bertz CT molecular complexity index is 869. The number of aromatic nitrogens is 3. The van der Waals surface area contributed by atoms with Crippen LogP contribution in [0.5, 0.6) is 5.75 Å². The number of fused-ring (bicyclic) bond motifs is 1. The number of aryl methyl sites for hydroxylation is 1. The molecule has 2 amide bonds. The van der Waals surface area contributed by atoms with Gasteiger partial charge in [-0.3, -0.25) is 14.3 Å². The molecule has 8 nitrogen and oxygen atoms in total. The van der Waals surface area contributed by atoms with E-state index >= 15 is 0 Å². The van der Waals surface area contributed by atoms with Crippen molar-refractivity contribution in [1.29, 1.82) is 0 Å². The number of para-hydroxylation sites is 1. The van der Waals surface area contributed by atoms with Crippen LogP contribution < -0.4 is 10.1 Å². The third-order valence-corrected chi connectivity index (χ3v) is 5.93. The molecule has 2 atom stereocenters. The van der Waals surface area contributed by atoms with Gasteiger partial charge in [0.05, 0.1) is 12.6 Å². The number of rotatable bonds is 5. The lowest BCUT2D eigenvalue weighted by Crippen LogP contribution is -2.46. The highest BCUT2D eigenvalue weighted by atomic mass is 16.5. The molecule has 8 heteroatoms. The van der Waals surface area contributed by atoms with Crippen LogP contribution in [0.4, 0.5) is 0 Å². The summed E-state index contributed by atoms with van der Waals surface area (Å²) in [4.78, 5) is 30.8. The molecule has 2 aromatic rings. The van der Waals surface area contributed by atoms with Gasteiger partial charge in [-0.25, -0.2) is 4.98 Å². The number of ether oxygens (including phenoxy) is 1. The molecule has 2 aliphatic heterocycles. The summed E-state index contributed by atoms with van der Waals surface area (Å²) in [7, 11) is 0. The molecule has 0 aliphatic carbocycles. The molecule has 0 bridgehead atoms. The van der Waals surface area contributed by atoms with Gasteiger partial charge >= 0.3 is 0 Å². The van der Waals surface area contributed by atoms with E-state index in [9.17, 15) is 9.59 Å². The normalized spacial score (nSPS) is 24.0. The minimum absolute atomic E-state index is 0.0303. The van der Waals surface area contributed by atoms with Crippen LogP contribution in [0.2, 0.25) is 0 Å². The maximum absolute atomic E-state index is 12.6. The first-order chi connectivity index (χ1) is 14.1. The number of carbonyl (C=O) groups excluding carboxylic acids is 2. The molecular weight excluding hydrogens is 370 g/mol. The van der Waals surface area contributed by atoms with Gasteiger partial charge in [0.15, 0.2) is 0 Å². The van der Waals surface area contributed by atoms with Crippen molar-refractivity contribution >= 4 is 11.8 Å². The lowest BCUT2D eigenvalue weighted by molar-refractivity contribution is -0.130. The van der Waals surface area contributed by atoms with Crippen LogP contribution >= 0.6 is 0 Å². The fraction of sp³-hybridized carbons (Fsp3) is 0.524. The molecule has 2 aliphatic rings. The minimum atomic E-state index is -0.433. The second-order valence-corrected chi connectivity index (χ2v) is 7.78. The van der Waals surface area contributed by atoms with Gasteiger partial charge in [0.2, 0.25) is 11.8 Å². The highest BCUT2D eigenvalue weighted by molar-refractivity contribution is 5.77. The third-order valence-electron chi connectivity index (χ3n) is 5.93. The van der Waals surface area contributed by atoms with E-state index in [2.05, 4.69) is 15.4 Å². The Hall–Kier alpha value is -2.90. The molecule has 0 unspecified atom stereocenters. The van der Waals surface area contributed by atoms with Crippen molar-refractivity contribution in [2.24, 2.45) is 0 Å². The lowest BCUT2D eigenvalue weighted by Gasteiger charge is -2.42. The fourth-order valence-electron chi connectivity index (χ4n) is 4.30. The number of nitrogens with one attached hydrogen (secondary N) is 1. The predicted octanol–water partition coefficient (Wildman–Crippen LogP) is 2.08. The smallest absolute Gasteiger partial charge is 0.222 e. The number of carbonyl (C=O) groups is 2.